The number of ether oxygens (including phenoxy) is 3. The zero-order chi connectivity index (χ0) is 39.1. The minimum Gasteiger partial charge on any atom is -0.461 e. The topological polar surface area (TPSA) is 197 Å². The van der Waals surface area contributed by atoms with Crippen LogP contribution in [0.15, 0.2) is 50.7 Å². The summed E-state index contributed by atoms with van der Waals surface area (Å²) in [5, 5.41) is -0.0463. The fourth-order valence-corrected chi connectivity index (χ4v) is 6.96. The summed E-state index contributed by atoms with van der Waals surface area (Å²) in [5.74, 6) is 1.20. The van der Waals surface area contributed by atoms with Gasteiger partial charge in [0.2, 0.25) is 5.28 Å². The number of imidazole rings is 1. The highest BCUT2D eigenvalue weighted by molar-refractivity contribution is 6.28. The molecule has 1 saturated heterocycles. The van der Waals surface area contributed by atoms with E-state index in [-0.39, 0.29) is 59.9 Å². The van der Waals surface area contributed by atoms with E-state index in [1.165, 1.54) is 17.8 Å². The summed E-state index contributed by atoms with van der Waals surface area (Å²) in [6.07, 6.45) is 7.53. The summed E-state index contributed by atoms with van der Waals surface area (Å²) >= 11 is 6.74. The van der Waals surface area contributed by atoms with Crippen molar-refractivity contribution in [1.29, 1.82) is 0 Å². The summed E-state index contributed by atoms with van der Waals surface area (Å²) < 4.78 is 41.1. The lowest BCUT2D eigenvalue weighted by Gasteiger charge is -2.29. The van der Waals surface area contributed by atoms with E-state index in [0.717, 1.165) is 16.7 Å². The molecule has 17 heteroatoms. The van der Waals surface area contributed by atoms with Crippen molar-refractivity contribution in [3.05, 3.63) is 90.2 Å². The second-order valence-corrected chi connectivity index (χ2v) is 14.2. The van der Waals surface area contributed by atoms with Crippen molar-refractivity contribution in [3.63, 3.8) is 0 Å². The van der Waals surface area contributed by atoms with Crippen LogP contribution in [0.5, 0.6) is 5.75 Å². The first kappa shape index (κ1) is 38.1. The van der Waals surface area contributed by atoms with Gasteiger partial charge in [0.15, 0.2) is 33.8 Å². The van der Waals surface area contributed by atoms with Gasteiger partial charge >= 0.3 is 23.6 Å². The molecule has 1 aliphatic heterocycles. The Hall–Kier alpha value is -5.66. The maximum Gasteiger partial charge on any atom is 0.519 e. The minimum absolute atomic E-state index is 0.0282. The van der Waals surface area contributed by atoms with Gasteiger partial charge in [-0.1, -0.05) is 25.8 Å². The molecule has 1 fully saturated rings. The van der Waals surface area contributed by atoms with Crippen LogP contribution in [0.2, 0.25) is 5.28 Å². The lowest BCUT2D eigenvalue weighted by molar-refractivity contribution is -0.153. The summed E-state index contributed by atoms with van der Waals surface area (Å²) in [6.45, 7) is 11.6. The first-order valence-electron chi connectivity index (χ1n) is 16.9. The second-order valence-electron chi connectivity index (χ2n) is 13.8. The maximum absolute atomic E-state index is 13.3. The number of carbonyl (C=O) groups is 2. The van der Waals surface area contributed by atoms with Crippen molar-refractivity contribution in [3.8, 4) is 18.1 Å². The Morgan fingerprint density at radius 3 is 2.41 bits per heavy atom. The van der Waals surface area contributed by atoms with Crippen LogP contribution in [0.25, 0.3) is 11.2 Å². The number of hydrogen-bond acceptors (Lipinski definition) is 14. The fraction of sp³-hybridized carbons (Fsp3) is 0.432. The van der Waals surface area contributed by atoms with Gasteiger partial charge in [-0.3, -0.25) is 23.7 Å². The van der Waals surface area contributed by atoms with E-state index in [0.29, 0.717) is 29.8 Å². The van der Waals surface area contributed by atoms with Gasteiger partial charge in [-0.25, -0.2) is 14.6 Å². The molecule has 284 valence electrons. The molecule has 0 bridgehead atoms. The van der Waals surface area contributed by atoms with Crippen molar-refractivity contribution < 1.29 is 41.5 Å². The van der Waals surface area contributed by atoms with Gasteiger partial charge in [-0.15, -0.1) is 6.42 Å². The Balaban J connectivity index is 1.25. The van der Waals surface area contributed by atoms with E-state index in [9.17, 15) is 19.2 Å². The molecule has 54 heavy (non-hydrogen) atoms. The van der Waals surface area contributed by atoms with Crippen LogP contribution in [0.1, 0.15) is 86.0 Å². The van der Waals surface area contributed by atoms with Gasteiger partial charge in [-0.05, 0) is 69.3 Å². The Labute approximate surface area is 312 Å². The van der Waals surface area contributed by atoms with Crippen LogP contribution in [0.3, 0.4) is 0 Å². The monoisotopic (exact) mass is 763 g/mol. The molecule has 0 saturated carbocycles. The number of carbonyl (C=O) groups excluding carboxylic acids is 2. The Morgan fingerprint density at radius 1 is 1.09 bits per heavy atom. The number of fused-ring (bicyclic) bond motifs is 1. The van der Waals surface area contributed by atoms with Gasteiger partial charge in [-0.2, -0.15) is 4.98 Å². The van der Waals surface area contributed by atoms with Crippen LogP contribution < -0.4 is 21.9 Å². The second kappa shape index (κ2) is 14.6. The third-order valence-corrected chi connectivity index (χ3v) is 9.45. The van der Waals surface area contributed by atoms with E-state index in [2.05, 4.69) is 20.9 Å². The van der Waals surface area contributed by atoms with Gasteiger partial charge in [0.1, 0.15) is 36.6 Å². The fourth-order valence-electron chi connectivity index (χ4n) is 6.74. The van der Waals surface area contributed by atoms with Crippen LogP contribution in [0.4, 0.5) is 0 Å². The van der Waals surface area contributed by atoms with Gasteiger partial charge in [0.25, 0.3) is 0 Å². The SMILES string of the molecule is C#C[C@@]1(COC(=O)CC(C)(C)c2c(C)cc(C)cc2OC(C)=O)CC[C@H](n2cnc3/c(=N/Cc4oc(=O)oc4C)n(Cc4oc(=O)oc4C)c(Cl)nc32)O1. The molecule has 6 rings (SSSR count). The zero-order valence-electron chi connectivity index (χ0n) is 30.7. The Kier molecular flexibility index (Phi) is 10.3. The molecule has 1 aromatic carbocycles. The van der Waals surface area contributed by atoms with Gasteiger partial charge in [0, 0.05) is 17.9 Å². The number of benzene rings is 1. The van der Waals surface area contributed by atoms with Crippen LogP contribution in [-0.2, 0) is 37.6 Å². The van der Waals surface area contributed by atoms with Crippen molar-refractivity contribution in [2.45, 2.75) is 98.1 Å². The molecule has 2 atom stereocenters. The number of hydrogen-bond donors (Lipinski definition) is 0. The minimum atomic E-state index is -1.26. The molecule has 0 unspecified atom stereocenters. The quantitative estimate of drug-likeness (QED) is 0.0765. The first-order valence-corrected chi connectivity index (χ1v) is 17.3. The van der Waals surface area contributed by atoms with E-state index in [1.807, 2.05) is 33.8 Å². The summed E-state index contributed by atoms with van der Waals surface area (Å²) in [7, 11) is 0. The maximum atomic E-state index is 13.3. The molecule has 4 aromatic heterocycles. The summed E-state index contributed by atoms with van der Waals surface area (Å²) in [4.78, 5) is 62.5. The average Bonchev–Trinajstić information content (AvgIpc) is 3.84. The molecule has 5 heterocycles. The molecule has 1 aliphatic rings. The first-order chi connectivity index (χ1) is 25.5. The third-order valence-electron chi connectivity index (χ3n) is 9.16. The molecule has 5 aromatic rings. The van der Waals surface area contributed by atoms with Gasteiger partial charge in [0.05, 0.1) is 19.3 Å². The van der Waals surface area contributed by atoms with Crippen molar-refractivity contribution in [2.75, 3.05) is 6.61 Å². The van der Waals surface area contributed by atoms with Crippen LogP contribution in [-0.4, -0.2) is 43.2 Å². The molecule has 16 nitrogen and oxygen atoms in total. The molecule has 0 N–H and O–H groups in total. The van der Waals surface area contributed by atoms with E-state index in [1.54, 1.807) is 24.5 Å². The third kappa shape index (κ3) is 7.68. The lowest BCUT2D eigenvalue weighted by Crippen LogP contribution is -2.35. The lowest BCUT2D eigenvalue weighted by atomic mass is 9.78. The molecule has 0 radical (unpaired) electrons. The number of nitrogens with zero attached hydrogens (tertiary/aromatic N) is 5. The van der Waals surface area contributed by atoms with E-state index in [4.69, 9.17) is 49.9 Å². The normalized spacial score (nSPS) is 17.6. The zero-order valence-corrected chi connectivity index (χ0v) is 31.5. The predicted octanol–water partition coefficient (Wildman–Crippen LogP) is 4.88. The number of terminal acetylenes is 1. The standard InChI is InChI=1S/C37H38ClN5O11/c1-9-37(17-48-28(45)14-36(7,8)29-20(3)12-19(2)13-24(29)51-23(6)44)11-10-27(54-37)43-18-40-30-31(39-15-25-21(4)49-34(46)52-25)42(33(38)41-32(30)43)16-26-22(5)50-35(47)53-26/h1,12-13,18,27H,10-11,14-17H2,2-8H3/b39-31-/t27-,37+/m1/s1. The number of halogens is 1. The Morgan fingerprint density at radius 2 is 1.78 bits per heavy atom. The van der Waals surface area contributed by atoms with Crippen LogP contribution in [0, 0.1) is 40.0 Å². The predicted molar refractivity (Wildman–Crippen MR) is 190 cm³/mol. The number of esters is 2. The summed E-state index contributed by atoms with van der Waals surface area (Å²) in [6, 6.07) is 3.74. The number of aromatic nitrogens is 4. The number of rotatable bonds is 11. The number of aryl methyl sites for hydroxylation is 4. The average molecular weight is 764 g/mol. The van der Waals surface area contributed by atoms with Crippen molar-refractivity contribution in [2.24, 2.45) is 4.99 Å². The highest BCUT2D eigenvalue weighted by Gasteiger charge is 2.42. The molecular formula is C37H38ClN5O11. The smallest absolute Gasteiger partial charge is 0.461 e. The van der Waals surface area contributed by atoms with E-state index < -0.39 is 40.8 Å². The van der Waals surface area contributed by atoms with Crippen molar-refractivity contribution in [1.82, 2.24) is 19.1 Å². The molecule has 0 spiro atoms. The Bertz CT molecular complexity index is 2510. The highest BCUT2D eigenvalue weighted by atomic mass is 35.5. The molecule has 0 amide bonds. The summed E-state index contributed by atoms with van der Waals surface area (Å²) in [5.41, 5.74) is 1.30. The van der Waals surface area contributed by atoms with Crippen molar-refractivity contribution >= 4 is 34.7 Å². The largest absolute Gasteiger partial charge is 0.519 e. The molecule has 0 aliphatic carbocycles. The van der Waals surface area contributed by atoms with Gasteiger partial charge < -0.3 is 31.9 Å². The highest BCUT2D eigenvalue weighted by Crippen LogP contribution is 2.40. The van der Waals surface area contributed by atoms with E-state index >= 15 is 0 Å². The molecular weight excluding hydrogens is 726 g/mol. The van der Waals surface area contributed by atoms with Crippen LogP contribution >= 0.6 is 11.6 Å².